The van der Waals surface area contributed by atoms with Crippen LogP contribution in [0.2, 0.25) is 0 Å². The molecule has 1 fully saturated rings. The van der Waals surface area contributed by atoms with Crippen LogP contribution in [0.1, 0.15) is 36.7 Å². The summed E-state index contributed by atoms with van der Waals surface area (Å²) in [6.45, 7) is 4.28. The Hall–Kier alpha value is -2.41. The zero-order valence-corrected chi connectivity index (χ0v) is 15.4. The monoisotopic (exact) mass is 357 g/mol. The minimum absolute atomic E-state index is 0.0229. The highest BCUT2D eigenvalue weighted by Gasteiger charge is 2.27. The van der Waals surface area contributed by atoms with Crippen LogP contribution in [0.5, 0.6) is 0 Å². The number of piperidine rings is 1. The average molecular weight is 357 g/mol. The Morgan fingerprint density at radius 1 is 1.31 bits per heavy atom. The van der Waals surface area contributed by atoms with Gasteiger partial charge in [0, 0.05) is 18.5 Å². The molecule has 1 unspecified atom stereocenters. The molecule has 2 amide bonds. The predicted octanol–water partition coefficient (Wildman–Crippen LogP) is 1.53. The fraction of sp³-hybridized carbons (Fsp3) is 0.526. The fourth-order valence-electron chi connectivity index (χ4n) is 3.53. The highest BCUT2D eigenvalue weighted by atomic mass is 16.2. The summed E-state index contributed by atoms with van der Waals surface area (Å²) in [5.74, 6) is 0.323. The second-order valence-corrected chi connectivity index (χ2v) is 6.97. The number of nitrogens with zero attached hydrogens (tertiary/aromatic N) is 2. The number of amides is 2. The summed E-state index contributed by atoms with van der Waals surface area (Å²) >= 11 is 0. The number of hydrogen-bond donors (Lipinski definition) is 3. The van der Waals surface area contributed by atoms with Crippen molar-refractivity contribution in [3.63, 3.8) is 0 Å². The van der Waals surface area contributed by atoms with Gasteiger partial charge in [-0.15, -0.1) is 0 Å². The third kappa shape index (κ3) is 4.04. The maximum absolute atomic E-state index is 12.7. The third-order valence-corrected chi connectivity index (χ3v) is 5.13. The van der Waals surface area contributed by atoms with E-state index in [4.69, 9.17) is 0 Å². The van der Waals surface area contributed by atoms with Crippen molar-refractivity contribution in [3.05, 3.63) is 30.0 Å². The fourth-order valence-corrected chi connectivity index (χ4v) is 3.53. The van der Waals surface area contributed by atoms with E-state index >= 15 is 0 Å². The first-order valence-corrected chi connectivity index (χ1v) is 9.27. The van der Waals surface area contributed by atoms with Gasteiger partial charge in [-0.25, -0.2) is 0 Å². The van der Waals surface area contributed by atoms with Crippen LogP contribution in [0.15, 0.2) is 24.3 Å². The topological polar surface area (TPSA) is 90.1 Å². The number of carbonyl (C=O) groups is 2. The number of para-hydroxylation sites is 1. The molecular formula is C19H27N5O2. The largest absolute Gasteiger partial charge is 0.341 e. The number of carbonyl (C=O) groups excluding carboxylic acids is 2. The molecule has 7 heteroatoms. The number of H-pyrrole nitrogens is 1. The highest BCUT2D eigenvalue weighted by molar-refractivity contribution is 6.05. The summed E-state index contributed by atoms with van der Waals surface area (Å²) in [4.78, 5) is 27.0. The minimum atomic E-state index is -0.563. The lowest BCUT2D eigenvalue weighted by molar-refractivity contribution is -0.134. The summed E-state index contributed by atoms with van der Waals surface area (Å²) in [5, 5.41) is 13.7. The van der Waals surface area contributed by atoms with Crippen LogP contribution in [-0.2, 0) is 4.79 Å². The average Bonchev–Trinajstić information content (AvgIpc) is 3.10. The Kier molecular flexibility index (Phi) is 5.88. The van der Waals surface area contributed by atoms with Crippen LogP contribution >= 0.6 is 0 Å². The van der Waals surface area contributed by atoms with E-state index < -0.39 is 6.04 Å². The van der Waals surface area contributed by atoms with E-state index in [-0.39, 0.29) is 11.8 Å². The molecule has 2 heterocycles. The van der Waals surface area contributed by atoms with Gasteiger partial charge in [0.15, 0.2) is 5.69 Å². The Morgan fingerprint density at radius 2 is 2.04 bits per heavy atom. The zero-order valence-electron chi connectivity index (χ0n) is 15.4. The second kappa shape index (κ2) is 8.31. The van der Waals surface area contributed by atoms with Gasteiger partial charge in [-0.2, -0.15) is 5.10 Å². The van der Waals surface area contributed by atoms with Crippen LogP contribution < -0.4 is 10.6 Å². The van der Waals surface area contributed by atoms with Crippen molar-refractivity contribution in [3.8, 4) is 0 Å². The van der Waals surface area contributed by atoms with Gasteiger partial charge < -0.3 is 15.5 Å². The molecule has 1 aromatic heterocycles. The lowest BCUT2D eigenvalue weighted by Gasteiger charge is -2.33. The Bertz CT molecular complexity index is 764. The molecule has 1 aromatic carbocycles. The molecule has 7 nitrogen and oxygen atoms in total. The normalized spacial score (nSPS) is 16.6. The summed E-state index contributed by atoms with van der Waals surface area (Å²) in [7, 11) is 1.96. The van der Waals surface area contributed by atoms with Crippen molar-refractivity contribution in [1.29, 1.82) is 0 Å². The van der Waals surface area contributed by atoms with Gasteiger partial charge in [0.05, 0.1) is 5.52 Å². The molecule has 1 aliphatic rings. The number of fused-ring (bicyclic) bond motifs is 1. The molecule has 0 bridgehead atoms. The highest BCUT2D eigenvalue weighted by Crippen LogP contribution is 2.20. The second-order valence-electron chi connectivity index (χ2n) is 6.97. The van der Waals surface area contributed by atoms with Crippen molar-refractivity contribution in [2.24, 2.45) is 5.92 Å². The maximum atomic E-state index is 12.7. The van der Waals surface area contributed by atoms with E-state index in [2.05, 4.69) is 20.8 Å². The van der Waals surface area contributed by atoms with Gasteiger partial charge in [-0.3, -0.25) is 14.7 Å². The molecule has 1 atom stereocenters. The van der Waals surface area contributed by atoms with Crippen LogP contribution in [0.25, 0.3) is 10.9 Å². The van der Waals surface area contributed by atoms with Gasteiger partial charge in [-0.05, 0) is 51.8 Å². The first-order valence-electron chi connectivity index (χ1n) is 9.27. The minimum Gasteiger partial charge on any atom is -0.341 e. The Labute approximate surface area is 153 Å². The lowest BCUT2D eigenvalue weighted by atomic mass is 9.93. The molecule has 0 aliphatic carbocycles. The number of aromatic nitrogens is 2. The van der Waals surface area contributed by atoms with E-state index in [0.717, 1.165) is 49.8 Å². The number of hydrogen-bond acceptors (Lipinski definition) is 4. The SMILES string of the molecule is CNCCC1CCN(C(=O)C(C)NC(=O)c2n[nH]c3ccccc23)CC1. The number of rotatable bonds is 6. The van der Waals surface area contributed by atoms with Crippen molar-refractivity contribution >= 4 is 22.7 Å². The van der Waals surface area contributed by atoms with Crippen LogP contribution in [0.4, 0.5) is 0 Å². The molecule has 26 heavy (non-hydrogen) atoms. The summed E-state index contributed by atoms with van der Waals surface area (Å²) in [6.07, 6.45) is 3.20. The molecule has 0 radical (unpaired) electrons. The van der Waals surface area contributed by atoms with Crippen molar-refractivity contribution in [1.82, 2.24) is 25.7 Å². The van der Waals surface area contributed by atoms with E-state index in [0.29, 0.717) is 11.6 Å². The van der Waals surface area contributed by atoms with Crippen molar-refractivity contribution in [2.75, 3.05) is 26.7 Å². The molecule has 140 valence electrons. The van der Waals surface area contributed by atoms with Gasteiger partial charge in [0.1, 0.15) is 6.04 Å². The number of nitrogens with one attached hydrogen (secondary N) is 3. The Balaban J connectivity index is 1.55. The summed E-state index contributed by atoms with van der Waals surface area (Å²) < 4.78 is 0. The standard InChI is InChI=1S/C19H27N5O2/c1-13(19(26)24-11-8-14(9-12-24)7-10-20-2)21-18(25)17-15-5-3-4-6-16(15)22-23-17/h3-6,13-14,20H,7-12H2,1-2H3,(H,21,25)(H,22,23). The number of benzene rings is 1. The predicted molar refractivity (Wildman–Crippen MR) is 101 cm³/mol. The van der Waals surface area contributed by atoms with Gasteiger partial charge in [-0.1, -0.05) is 18.2 Å². The van der Waals surface area contributed by atoms with Crippen molar-refractivity contribution < 1.29 is 9.59 Å². The smallest absolute Gasteiger partial charge is 0.273 e. The summed E-state index contributed by atoms with van der Waals surface area (Å²) in [6, 6.07) is 6.89. The Morgan fingerprint density at radius 3 is 2.77 bits per heavy atom. The van der Waals surface area contributed by atoms with Crippen LogP contribution in [-0.4, -0.2) is 59.6 Å². The van der Waals surface area contributed by atoms with E-state index in [1.807, 2.05) is 36.2 Å². The quantitative estimate of drug-likeness (QED) is 0.731. The first kappa shape index (κ1) is 18.4. The molecule has 1 saturated heterocycles. The van der Waals surface area contributed by atoms with E-state index in [1.165, 1.54) is 0 Å². The van der Waals surface area contributed by atoms with Crippen molar-refractivity contribution in [2.45, 2.75) is 32.2 Å². The summed E-state index contributed by atoms with van der Waals surface area (Å²) in [5.41, 5.74) is 1.13. The van der Waals surface area contributed by atoms with Crippen LogP contribution in [0.3, 0.4) is 0 Å². The molecule has 0 saturated carbocycles. The first-order chi connectivity index (χ1) is 12.6. The molecule has 1 aliphatic heterocycles. The van der Waals surface area contributed by atoms with Gasteiger partial charge in [0.25, 0.3) is 5.91 Å². The molecule has 3 rings (SSSR count). The van der Waals surface area contributed by atoms with Gasteiger partial charge >= 0.3 is 0 Å². The van der Waals surface area contributed by atoms with E-state index in [9.17, 15) is 9.59 Å². The van der Waals surface area contributed by atoms with Crippen LogP contribution in [0, 0.1) is 5.92 Å². The lowest BCUT2D eigenvalue weighted by Crippen LogP contribution is -2.49. The molecule has 0 spiro atoms. The number of likely N-dealkylation sites (tertiary alicyclic amines) is 1. The molecule has 2 aromatic rings. The maximum Gasteiger partial charge on any atom is 0.273 e. The van der Waals surface area contributed by atoms with Gasteiger partial charge in [0.2, 0.25) is 5.91 Å². The number of aromatic amines is 1. The zero-order chi connectivity index (χ0) is 18.5. The third-order valence-electron chi connectivity index (χ3n) is 5.13. The molecule has 3 N–H and O–H groups in total. The molecular weight excluding hydrogens is 330 g/mol. The van der Waals surface area contributed by atoms with E-state index in [1.54, 1.807) is 6.92 Å².